The first kappa shape index (κ1) is 26.0. The number of carboxylic acid groups (broad SMARTS) is 1. The Morgan fingerprint density at radius 2 is 2.03 bits per heavy atom. The van der Waals surface area contributed by atoms with Crippen LogP contribution in [-0.2, 0) is 19.9 Å². The summed E-state index contributed by atoms with van der Waals surface area (Å²) in [5.74, 6) is -0.983. The molecule has 0 aromatic carbocycles. The van der Waals surface area contributed by atoms with Gasteiger partial charge in [-0.25, -0.2) is 9.78 Å². The molecule has 0 bridgehead atoms. The number of rotatable bonds is 4. The Morgan fingerprint density at radius 3 is 2.67 bits per heavy atom. The number of carbonyl (C=O) groups is 2. The van der Waals surface area contributed by atoms with E-state index in [0.717, 1.165) is 44.6 Å². The van der Waals surface area contributed by atoms with Crippen LogP contribution in [0.2, 0.25) is 0 Å². The lowest BCUT2D eigenvalue weighted by molar-refractivity contribution is -0.192. The number of nitrogens with zero attached hydrogens (tertiary/aromatic N) is 4. The zero-order valence-corrected chi connectivity index (χ0v) is 20.4. The maximum absolute atomic E-state index is 13.1. The van der Waals surface area contributed by atoms with Crippen LogP contribution in [-0.4, -0.2) is 70.0 Å². The average Bonchev–Trinajstić information content (AvgIpc) is 3.59. The van der Waals surface area contributed by atoms with E-state index in [1.165, 1.54) is 11.4 Å². The van der Waals surface area contributed by atoms with Gasteiger partial charge in [-0.3, -0.25) is 4.79 Å². The van der Waals surface area contributed by atoms with Gasteiger partial charge in [0.15, 0.2) is 5.82 Å². The number of ether oxygens (including phenoxy) is 1. The Labute approximate surface area is 207 Å². The minimum absolute atomic E-state index is 0.165. The van der Waals surface area contributed by atoms with Gasteiger partial charge in [-0.2, -0.15) is 13.2 Å². The SMILES string of the molecule is CC(C)CCN1c2cccnc2-n2cccc2C12CCN(C(=O)[C@H]1CCCO1)C2.O=C(O)C(F)(F)F. The van der Waals surface area contributed by atoms with Gasteiger partial charge in [-0.05, 0) is 55.9 Å². The molecule has 0 aliphatic carbocycles. The van der Waals surface area contributed by atoms with Crippen molar-refractivity contribution in [2.24, 2.45) is 5.92 Å². The summed E-state index contributed by atoms with van der Waals surface area (Å²) in [5.41, 5.74) is 2.21. The van der Waals surface area contributed by atoms with Crippen LogP contribution in [0.1, 0.15) is 45.2 Å². The number of aromatic nitrogens is 2. The van der Waals surface area contributed by atoms with E-state index in [2.05, 4.69) is 47.7 Å². The van der Waals surface area contributed by atoms with Gasteiger partial charge in [0.25, 0.3) is 5.91 Å². The molecule has 0 radical (unpaired) electrons. The molecule has 1 N–H and O–H groups in total. The van der Waals surface area contributed by atoms with E-state index in [1.54, 1.807) is 0 Å². The zero-order chi connectivity index (χ0) is 26.1. The molecule has 2 saturated heterocycles. The van der Waals surface area contributed by atoms with Crippen LogP contribution in [0.15, 0.2) is 36.7 Å². The monoisotopic (exact) mass is 508 g/mol. The number of pyridine rings is 1. The number of anilines is 1. The van der Waals surface area contributed by atoms with Crippen LogP contribution in [0.25, 0.3) is 5.82 Å². The van der Waals surface area contributed by atoms with Gasteiger partial charge >= 0.3 is 12.1 Å². The van der Waals surface area contributed by atoms with Gasteiger partial charge < -0.3 is 24.2 Å². The Bertz CT molecular complexity index is 1100. The number of aliphatic carboxylic acids is 1. The molecule has 2 aromatic rings. The summed E-state index contributed by atoms with van der Waals surface area (Å²) in [6.45, 7) is 7.69. The minimum Gasteiger partial charge on any atom is -0.475 e. The number of hydrogen-bond donors (Lipinski definition) is 1. The Balaban J connectivity index is 0.000000384. The fraction of sp³-hybridized carbons (Fsp3) is 0.560. The number of alkyl halides is 3. The molecule has 5 rings (SSSR count). The third kappa shape index (κ3) is 4.93. The molecule has 2 fully saturated rings. The predicted octanol–water partition coefficient (Wildman–Crippen LogP) is 3.98. The van der Waals surface area contributed by atoms with E-state index < -0.39 is 12.1 Å². The van der Waals surface area contributed by atoms with E-state index in [0.29, 0.717) is 19.1 Å². The van der Waals surface area contributed by atoms with Crippen LogP contribution in [0, 0.1) is 5.92 Å². The number of halogens is 3. The van der Waals surface area contributed by atoms with Crippen molar-refractivity contribution in [3.05, 3.63) is 42.4 Å². The highest BCUT2D eigenvalue weighted by Gasteiger charge is 2.51. The van der Waals surface area contributed by atoms with Crippen molar-refractivity contribution in [3.8, 4) is 5.82 Å². The van der Waals surface area contributed by atoms with E-state index in [1.807, 2.05) is 17.2 Å². The molecular formula is C25H31F3N4O4. The number of carbonyl (C=O) groups excluding carboxylic acids is 1. The van der Waals surface area contributed by atoms with Crippen molar-refractivity contribution in [1.82, 2.24) is 14.5 Å². The lowest BCUT2D eigenvalue weighted by Gasteiger charge is -2.47. The Kier molecular flexibility index (Phi) is 7.31. The Hall–Kier alpha value is -3.08. The van der Waals surface area contributed by atoms with Crippen LogP contribution in [0.5, 0.6) is 0 Å². The first-order chi connectivity index (χ1) is 17.0. The van der Waals surface area contributed by atoms with Crippen LogP contribution < -0.4 is 4.90 Å². The fourth-order valence-corrected chi connectivity index (χ4v) is 5.21. The highest BCUT2D eigenvalue weighted by Crippen LogP contribution is 2.47. The van der Waals surface area contributed by atoms with Gasteiger partial charge in [0.05, 0.1) is 11.4 Å². The highest BCUT2D eigenvalue weighted by molar-refractivity contribution is 5.82. The van der Waals surface area contributed by atoms with Gasteiger partial charge in [-0.15, -0.1) is 0 Å². The summed E-state index contributed by atoms with van der Waals surface area (Å²) in [7, 11) is 0. The summed E-state index contributed by atoms with van der Waals surface area (Å²) in [4.78, 5) is 31.3. The second-order valence-electron chi connectivity index (χ2n) is 9.79. The number of carboxylic acids is 1. The van der Waals surface area contributed by atoms with Crippen molar-refractivity contribution in [2.45, 2.75) is 57.3 Å². The predicted molar refractivity (Wildman–Crippen MR) is 126 cm³/mol. The third-order valence-electron chi connectivity index (χ3n) is 6.96. The first-order valence-corrected chi connectivity index (χ1v) is 12.2. The molecular weight excluding hydrogens is 477 g/mol. The summed E-state index contributed by atoms with van der Waals surface area (Å²) in [6.07, 6.45) is 2.51. The zero-order valence-electron chi connectivity index (χ0n) is 20.4. The molecule has 11 heteroatoms. The van der Waals surface area contributed by atoms with Gasteiger partial charge in [0.1, 0.15) is 11.6 Å². The molecule has 5 heterocycles. The maximum atomic E-state index is 13.1. The largest absolute Gasteiger partial charge is 0.490 e. The molecule has 36 heavy (non-hydrogen) atoms. The van der Waals surface area contributed by atoms with Crippen molar-refractivity contribution in [1.29, 1.82) is 0 Å². The summed E-state index contributed by atoms with van der Waals surface area (Å²) in [6, 6.07) is 8.51. The minimum atomic E-state index is -5.08. The Morgan fingerprint density at radius 1 is 1.28 bits per heavy atom. The standard InChI is InChI=1S/C23H30N4O2.C2HF3O2/c1-17(2)9-13-27-18-6-3-11-24-21(18)26-12-4-8-20(26)23(27)10-14-25(16-23)22(28)19-7-5-15-29-19;3-2(4,5)1(6)7/h3-4,6,8,11-12,17,19H,5,7,9-10,13-16H2,1-2H3;(H,6,7)/t19-,23?;/m1./s1. The van der Waals surface area contributed by atoms with Crippen LogP contribution >= 0.6 is 0 Å². The molecule has 196 valence electrons. The van der Waals surface area contributed by atoms with Crippen molar-refractivity contribution >= 4 is 17.6 Å². The second-order valence-corrected chi connectivity index (χ2v) is 9.79. The second kappa shape index (κ2) is 10.1. The van der Waals surface area contributed by atoms with Crippen molar-refractivity contribution in [3.63, 3.8) is 0 Å². The number of amides is 1. The molecule has 1 spiro atoms. The summed E-state index contributed by atoms with van der Waals surface area (Å²) in [5, 5.41) is 7.12. The van der Waals surface area contributed by atoms with E-state index in [9.17, 15) is 18.0 Å². The van der Waals surface area contributed by atoms with E-state index in [4.69, 9.17) is 19.6 Å². The fourth-order valence-electron chi connectivity index (χ4n) is 5.21. The smallest absolute Gasteiger partial charge is 0.475 e. The molecule has 3 aliphatic rings. The average molecular weight is 509 g/mol. The number of likely N-dealkylation sites (tertiary alicyclic amines) is 1. The molecule has 1 unspecified atom stereocenters. The molecule has 1 amide bonds. The highest BCUT2D eigenvalue weighted by atomic mass is 19.4. The molecule has 3 aliphatic heterocycles. The van der Waals surface area contributed by atoms with Gasteiger partial charge in [0.2, 0.25) is 0 Å². The lowest BCUT2D eigenvalue weighted by Crippen LogP contribution is -2.53. The molecule has 8 nitrogen and oxygen atoms in total. The van der Waals surface area contributed by atoms with Gasteiger partial charge in [0, 0.05) is 38.6 Å². The van der Waals surface area contributed by atoms with Gasteiger partial charge in [-0.1, -0.05) is 13.8 Å². The van der Waals surface area contributed by atoms with Crippen LogP contribution in [0.3, 0.4) is 0 Å². The lowest BCUT2D eigenvalue weighted by atomic mass is 9.88. The topological polar surface area (TPSA) is 87.9 Å². The van der Waals surface area contributed by atoms with E-state index in [-0.39, 0.29) is 17.6 Å². The number of fused-ring (bicyclic) bond motifs is 4. The van der Waals surface area contributed by atoms with Crippen molar-refractivity contribution in [2.75, 3.05) is 31.1 Å². The molecule has 2 aromatic heterocycles. The maximum Gasteiger partial charge on any atom is 0.490 e. The quantitative estimate of drug-likeness (QED) is 0.672. The first-order valence-electron chi connectivity index (χ1n) is 12.2. The van der Waals surface area contributed by atoms with Crippen molar-refractivity contribution < 1.29 is 32.6 Å². The molecule has 0 saturated carbocycles. The van der Waals surface area contributed by atoms with Crippen LogP contribution in [0.4, 0.5) is 18.9 Å². The summed E-state index contributed by atoms with van der Waals surface area (Å²) >= 11 is 0. The number of hydrogen-bond acceptors (Lipinski definition) is 5. The molecule has 2 atom stereocenters. The normalized spacial score (nSPS) is 22.9. The third-order valence-corrected chi connectivity index (χ3v) is 6.96. The summed E-state index contributed by atoms with van der Waals surface area (Å²) < 4.78 is 39.7. The van der Waals surface area contributed by atoms with E-state index >= 15 is 0 Å².